The normalized spacial score (nSPS) is 13.6. The molecule has 7 heteroatoms. The predicted molar refractivity (Wildman–Crippen MR) is 91.3 cm³/mol. The van der Waals surface area contributed by atoms with Gasteiger partial charge in [-0.25, -0.2) is 4.98 Å². The molecule has 0 N–H and O–H groups in total. The molecule has 4 rings (SSSR count). The third-order valence-corrected chi connectivity index (χ3v) is 4.78. The Labute approximate surface area is 150 Å². The molecule has 128 valence electrons. The highest BCUT2D eigenvalue weighted by molar-refractivity contribution is 9.10. The Morgan fingerprint density at radius 2 is 1.76 bits per heavy atom. The van der Waals surface area contributed by atoms with E-state index in [1.807, 2.05) is 22.8 Å². The number of imidazole rings is 1. The minimum atomic E-state index is -4.34. The molecule has 0 aliphatic carbocycles. The van der Waals surface area contributed by atoms with Crippen LogP contribution in [0.25, 0.3) is 22.5 Å². The van der Waals surface area contributed by atoms with Crippen LogP contribution in [0.5, 0.6) is 5.75 Å². The number of hydrogen-bond donors (Lipinski definition) is 0. The fourth-order valence-corrected chi connectivity index (χ4v) is 3.34. The minimum absolute atomic E-state index is 0.522. The Balaban J connectivity index is 1.78. The molecule has 0 amide bonds. The van der Waals surface area contributed by atoms with E-state index in [2.05, 4.69) is 20.9 Å². The summed E-state index contributed by atoms with van der Waals surface area (Å²) in [4.78, 5) is 4.43. The molecule has 25 heavy (non-hydrogen) atoms. The van der Waals surface area contributed by atoms with Gasteiger partial charge in [0, 0.05) is 0 Å². The summed E-state index contributed by atoms with van der Waals surface area (Å²) in [5.74, 6) is 1.49. The SMILES string of the molecule is FC(F)(F)c1ccc(-c2ccc3c(c2)-c2ncc(Br)n2CCO3)cc1. The van der Waals surface area contributed by atoms with Gasteiger partial charge in [-0.15, -0.1) is 0 Å². The van der Waals surface area contributed by atoms with Crippen LogP contribution in [0.2, 0.25) is 0 Å². The summed E-state index contributed by atoms with van der Waals surface area (Å²) in [5, 5.41) is 0. The van der Waals surface area contributed by atoms with Crippen molar-refractivity contribution in [1.82, 2.24) is 9.55 Å². The quantitative estimate of drug-likeness (QED) is 0.539. The third kappa shape index (κ3) is 2.93. The molecule has 0 unspecified atom stereocenters. The van der Waals surface area contributed by atoms with E-state index in [1.54, 1.807) is 6.20 Å². The van der Waals surface area contributed by atoms with E-state index < -0.39 is 11.7 Å². The molecule has 0 atom stereocenters. The molecule has 1 aliphatic rings. The van der Waals surface area contributed by atoms with Crippen LogP contribution in [-0.2, 0) is 12.7 Å². The lowest BCUT2D eigenvalue weighted by Gasteiger charge is -2.11. The molecule has 1 aromatic heterocycles. The fraction of sp³-hybridized carbons (Fsp3) is 0.167. The second-order valence-corrected chi connectivity index (χ2v) is 6.50. The number of nitrogens with zero attached hydrogens (tertiary/aromatic N) is 2. The van der Waals surface area contributed by atoms with Crippen molar-refractivity contribution in [2.24, 2.45) is 0 Å². The first kappa shape index (κ1) is 16.2. The van der Waals surface area contributed by atoms with Gasteiger partial charge in [-0.1, -0.05) is 18.2 Å². The van der Waals surface area contributed by atoms with E-state index in [4.69, 9.17) is 4.74 Å². The number of fused-ring (bicyclic) bond motifs is 3. The van der Waals surface area contributed by atoms with E-state index in [-0.39, 0.29) is 0 Å². The predicted octanol–water partition coefficient (Wildman–Crippen LogP) is 5.39. The molecule has 2 heterocycles. The number of aromatic nitrogens is 2. The van der Waals surface area contributed by atoms with Gasteiger partial charge < -0.3 is 9.30 Å². The van der Waals surface area contributed by atoms with Gasteiger partial charge in [0.2, 0.25) is 0 Å². The smallest absolute Gasteiger partial charge is 0.416 e. The summed E-state index contributed by atoms with van der Waals surface area (Å²) in [7, 11) is 0. The summed E-state index contributed by atoms with van der Waals surface area (Å²) in [6, 6.07) is 10.7. The van der Waals surface area contributed by atoms with Gasteiger partial charge in [0.25, 0.3) is 0 Å². The topological polar surface area (TPSA) is 27.1 Å². The zero-order chi connectivity index (χ0) is 17.6. The maximum absolute atomic E-state index is 12.7. The van der Waals surface area contributed by atoms with Crippen LogP contribution in [0, 0.1) is 0 Å². The van der Waals surface area contributed by atoms with E-state index in [0.717, 1.165) is 33.7 Å². The lowest BCUT2D eigenvalue weighted by atomic mass is 10.0. The minimum Gasteiger partial charge on any atom is -0.491 e. The molecule has 3 aromatic rings. The van der Waals surface area contributed by atoms with Crippen LogP contribution in [0.15, 0.2) is 53.3 Å². The number of halogens is 4. The molecule has 3 nitrogen and oxygen atoms in total. The maximum Gasteiger partial charge on any atom is 0.416 e. The van der Waals surface area contributed by atoms with Crippen molar-refractivity contribution in [2.75, 3.05) is 6.61 Å². The molecule has 0 saturated heterocycles. The zero-order valence-corrected chi connectivity index (χ0v) is 14.4. The molecule has 0 saturated carbocycles. The molecule has 1 aliphatic heterocycles. The van der Waals surface area contributed by atoms with Crippen LogP contribution in [0.4, 0.5) is 13.2 Å². The van der Waals surface area contributed by atoms with Gasteiger partial charge >= 0.3 is 6.18 Å². The van der Waals surface area contributed by atoms with Gasteiger partial charge in [-0.2, -0.15) is 13.2 Å². The number of ether oxygens (including phenoxy) is 1. The Morgan fingerprint density at radius 3 is 2.48 bits per heavy atom. The summed E-state index contributed by atoms with van der Waals surface area (Å²) in [6.07, 6.45) is -2.60. The van der Waals surface area contributed by atoms with E-state index in [1.165, 1.54) is 12.1 Å². The maximum atomic E-state index is 12.7. The van der Waals surface area contributed by atoms with Gasteiger partial charge in [0.05, 0.1) is 23.9 Å². The van der Waals surface area contributed by atoms with Gasteiger partial charge in [0.1, 0.15) is 22.8 Å². The Kier molecular flexibility index (Phi) is 3.83. The van der Waals surface area contributed by atoms with Crippen LogP contribution in [0.3, 0.4) is 0 Å². The average Bonchev–Trinajstić information content (AvgIpc) is 2.85. The zero-order valence-electron chi connectivity index (χ0n) is 12.8. The van der Waals surface area contributed by atoms with Crippen LogP contribution in [-0.4, -0.2) is 16.2 Å². The standard InChI is InChI=1S/C18H12BrF3N2O/c19-16-10-23-17-14-9-12(3-6-15(14)25-8-7-24(16)17)11-1-4-13(5-2-11)18(20,21)22/h1-6,9-10H,7-8H2. The average molecular weight is 409 g/mol. The van der Waals surface area contributed by atoms with Crippen molar-refractivity contribution in [1.29, 1.82) is 0 Å². The molecule has 0 bridgehead atoms. The van der Waals surface area contributed by atoms with Crippen molar-refractivity contribution in [3.05, 3.63) is 58.8 Å². The first-order valence-corrected chi connectivity index (χ1v) is 8.39. The monoisotopic (exact) mass is 408 g/mol. The van der Waals surface area contributed by atoms with Gasteiger partial charge in [-0.3, -0.25) is 0 Å². The molecular formula is C18H12BrF3N2O. The van der Waals surface area contributed by atoms with Crippen molar-refractivity contribution >= 4 is 15.9 Å². The highest BCUT2D eigenvalue weighted by atomic mass is 79.9. The van der Waals surface area contributed by atoms with E-state index >= 15 is 0 Å². The second-order valence-electron chi connectivity index (χ2n) is 5.69. The van der Waals surface area contributed by atoms with Crippen molar-refractivity contribution in [3.63, 3.8) is 0 Å². The van der Waals surface area contributed by atoms with Crippen molar-refractivity contribution in [2.45, 2.75) is 12.7 Å². The first-order chi connectivity index (χ1) is 11.9. The summed E-state index contributed by atoms with van der Waals surface area (Å²) in [5.41, 5.74) is 1.68. The summed E-state index contributed by atoms with van der Waals surface area (Å²) in [6.45, 7) is 1.19. The first-order valence-electron chi connectivity index (χ1n) is 7.59. The Bertz CT molecular complexity index is 932. The molecular weight excluding hydrogens is 397 g/mol. The molecule has 2 aromatic carbocycles. The van der Waals surface area contributed by atoms with Gasteiger partial charge in [0.15, 0.2) is 0 Å². The lowest BCUT2D eigenvalue weighted by Crippen LogP contribution is -2.05. The van der Waals surface area contributed by atoms with Gasteiger partial charge in [-0.05, 0) is 51.3 Å². The van der Waals surface area contributed by atoms with Crippen LogP contribution in [0.1, 0.15) is 5.56 Å². The second kappa shape index (κ2) is 5.91. The molecule has 0 radical (unpaired) electrons. The van der Waals surface area contributed by atoms with Crippen LogP contribution < -0.4 is 4.74 Å². The number of benzene rings is 2. The Morgan fingerprint density at radius 1 is 1.04 bits per heavy atom. The number of rotatable bonds is 1. The highest BCUT2D eigenvalue weighted by Crippen LogP contribution is 2.37. The van der Waals surface area contributed by atoms with E-state index in [0.29, 0.717) is 24.5 Å². The van der Waals surface area contributed by atoms with Crippen molar-refractivity contribution < 1.29 is 17.9 Å². The summed E-state index contributed by atoms with van der Waals surface area (Å²) >= 11 is 3.47. The van der Waals surface area contributed by atoms with E-state index in [9.17, 15) is 13.2 Å². The van der Waals surface area contributed by atoms with Crippen LogP contribution >= 0.6 is 15.9 Å². The number of hydrogen-bond acceptors (Lipinski definition) is 2. The molecule has 0 fully saturated rings. The lowest BCUT2D eigenvalue weighted by molar-refractivity contribution is -0.137. The number of alkyl halides is 3. The summed E-state index contributed by atoms with van der Waals surface area (Å²) < 4.78 is 46.8. The largest absolute Gasteiger partial charge is 0.491 e. The van der Waals surface area contributed by atoms with Crippen molar-refractivity contribution in [3.8, 4) is 28.3 Å². The highest BCUT2D eigenvalue weighted by Gasteiger charge is 2.30. The third-order valence-electron chi connectivity index (χ3n) is 4.15. The fourth-order valence-electron chi connectivity index (χ4n) is 2.89. The molecule has 0 spiro atoms. The Hall–Kier alpha value is -2.28.